The van der Waals surface area contributed by atoms with Gasteiger partial charge in [0.1, 0.15) is 23.7 Å². The molecule has 4 aromatic rings. The molecule has 0 radical (unpaired) electrons. The molecule has 0 bridgehead atoms. The summed E-state index contributed by atoms with van der Waals surface area (Å²) in [5, 5.41) is 4.62. The summed E-state index contributed by atoms with van der Waals surface area (Å²) in [6.45, 7) is 0.308. The van der Waals surface area contributed by atoms with Crippen molar-refractivity contribution in [2.24, 2.45) is 0 Å². The van der Waals surface area contributed by atoms with E-state index in [1.165, 1.54) is 39.5 Å². The molecule has 0 saturated carbocycles. The molecule has 1 N–H and O–H groups in total. The van der Waals surface area contributed by atoms with Gasteiger partial charge in [-0.1, -0.05) is 60.1 Å². The second-order valence-electron chi connectivity index (χ2n) is 8.95. The number of methoxy groups -OCH3 is 3. The molecule has 0 unspecified atom stereocenters. The molecule has 10 heteroatoms. The second kappa shape index (κ2) is 11.6. The monoisotopic (exact) mass is 572 g/mol. The molecule has 9 nitrogen and oxygen atoms in total. The Morgan fingerprint density at radius 2 is 1.54 bits per heavy atom. The third-order valence-corrected chi connectivity index (χ3v) is 6.85. The minimum absolute atomic E-state index is 0.0596. The number of hydrogen-bond donors (Lipinski definition) is 1. The molecule has 1 heterocycles. The first kappa shape index (κ1) is 27.5. The van der Waals surface area contributed by atoms with Gasteiger partial charge in [-0.25, -0.2) is 9.69 Å². The standard InChI is InChI=1S/C31H25ClN2O7/c1-38-26-16-24(27(39-2)15-23(26)32)34-30(36)22(29(35)33-31(34)37)13-18-11-12-25(28(14-18)40-3)41-17-20-9-6-8-19-7-4-5-10-21(19)20/h4-16H,17H2,1-3H3,(H,33,35,37)/b22-13+. The number of urea groups is 1. The maximum absolute atomic E-state index is 13.5. The van der Waals surface area contributed by atoms with Gasteiger partial charge in [0, 0.05) is 12.1 Å². The lowest BCUT2D eigenvalue weighted by Crippen LogP contribution is -2.54. The number of imide groups is 2. The van der Waals surface area contributed by atoms with Crippen molar-refractivity contribution in [3.8, 4) is 23.0 Å². The predicted molar refractivity (Wildman–Crippen MR) is 155 cm³/mol. The number of benzene rings is 4. The highest BCUT2D eigenvalue weighted by molar-refractivity contribution is 6.39. The molecule has 0 atom stereocenters. The number of amides is 4. The summed E-state index contributed by atoms with van der Waals surface area (Å²) in [4.78, 5) is 39.8. The fourth-order valence-electron chi connectivity index (χ4n) is 4.53. The molecule has 208 valence electrons. The highest BCUT2D eigenvalue weighted by Crippen LogP contribution is 2.39. The third-order valence-electron chi connectivity index (χ3n) is 6.56. The fraction of sp³-hybridized carbons (Fsp3) is 0.129. The van der Waals surface area contributed by atoms with Gasteiger partial charge in [-0.05, 0) is 40.1 Å². The minimum atomic E-state index is -0.936. The minimum Gasteiger partial charge on any atom is -0.495 e. The molecular formula is C31H25ClN2O7. The Balaban J connectivity index is 1.44. The molecule has 4 amide bonds. The number of ether oxygens (including phenoxy) is 4. The van der Waals surface area contributed by atoms with Gasteiger partial charge in [-0.3, -0.25) is 14.9 Å². The van der Waals surface area contributed by atoms with E-state index in [1.807, 2.05) is 42.5 Å². The fourth-order valence-corrected chi connectivity index (χ4v) is 4.76. The van der Waals surface area contributed by atoms with Crippen LogP contribution in [-0.4, -0.2) is 39.2 Å². The van der Waals surface area contributed by atoms with E-state index in [9.17, 15) is 14.4 Å². The number of carbonyl (C=O) groups is 3. The van der Waals surface area contributed by atoms with Gasteiger partial charge < -0.3 is 18.9 Å². The molecule has 0 spiro atoms. The average Bonchev–Trinajstić information content (AvgIpc) is 2.98. The lowest BCUT2D eigenvalue weighted by Gasteiger charge is -2.28. The number of carbonyl (C=O) groups excluding carboxylic acids is 3. The van der Waals surface area contributed by atoms with E-state index < -0.39 is 17.8 Å². The first-order valence-electron chi connectivity index (χ1n) is 12.4. The zero-order chi connectivity index (χ0) is 29.1. The molecule has 0 aliphatic carbocycles. The maximum Gasteiger partial charge on any atom is 0.336 e. The van der Waals surface area contributed by atoms with Gasteiger partial charge in [0.2, 0.25) is 0 Å². The highest BCUT2D eigenvalue weighted by atomic mass is 35.5. The summed E-state index contributed by atoms with van der Waals surface area (Å²) in [5.41, 5.74) is 1.28. The number of fused-ring (bicyclic) bond motifs is 1. The molecule has 5 rings (SSSR count). The van der Waals surface area contributed by atoms with Gasteiger partial charge in [0.05, 0.1) is 32.0 Å². The molecule has 1 aliphatic heterocycles. The van der Waals surface area contributed by atoms with Crippen LogP contribution in [0.1, 0.15) is 11.1 Å². The van der Waals surface area contributed by atoms with E-state index in [0.29, 0.717) is 23.7 Å². The Morgan fingerprint density at radius 3 is 2.29 bits per heavy atom. The Bertz CT molecular complexity index is 1710. The van der Waals surface area contributed by atoms with Crippen molar-refractivity contribution in [3.63, 3.8) is 0 Å². The SMILES string of the molecule is COc1cc(N2C(=O)NC(=O)/C(=C\c3ccc(OCc4cccc5ccccc45)c(OC)c3)C2=O)c(OC)cc1Cl. The zero-order valence-corrected chi connectivity index (χ0v) is 23.2. The summed E-state index contributed by atoms with van der Waals surface area (Å²) >= 11 is 6.18. The zero-order valence-electron chi connectivity index (χ0n) is 22.4. The first-order valence-corrected chi connectivity index (χ1v) is 12.8. The van der Waals surface area contributed by atoms with Crippen LogP contribution in [0.2, 0.25) is 5.02 Å². The van der Waals surface area contributed by atoms with Gasteiger partial charge in [-0.15, -0.1) is 0 Å². The number of hydrogen-bond acceptors (Lipinski definition) is 7. The normalized spacial score (nSPS) is 14.3. The van der Waals surface area contributed by atoms with Crippen molar-refractivity contribution in [3.05, 3.63) is 94.5 Å². The van der Waals surface area contributed by atoms with E-state index in [-0.39, 0.29) is 27.8 Å². The quantitative estimate of drug-likeness (QED) is 0.211. The molecular weight excluding hydrogens is 548 g/mol. The topological polar surface area (TPSA) is 103 Å². The van der Waals surface area contributed by atoms with Gasteiger partial charge in [0.25, 0.3) is 11.8 Å². The molecule has 1 saturated heterocycles. The number of halogens is 1. The van der Waals surface area contributed by atoms with Crippen LogP contribution in [-0.2, 0) is 16.2 Å². The lowest BCUT2D eigenvalue weighted by atomic mass is 10.1. The first-order chi connectivity index (χ1) is 19.8. The number of barbiturate groups is 1. The molecule has 1 aliphatic rings. The van der Waals surface area contributed by atoms with Crippen molar-refractivity contribution in [1.29, 1.82) is 0 Å². The largest absolute Gasteiger partial charge is 0.495 e. The number of nitrogens with one attached hydrogen (secondary N) is 1. The predicted octanol–water partition coefficient (Wildman–Crippen LogP) is 5.76. The Labute approximate surface area is 240 Å². The average molecular weight is 573 g/mol. The summed E-state index contributed by atoms with van der Waals surface area (Å²) in [7, 11) is 4.26. The Hall–Kier alpha value is -5.02. The number of rotatable bonds is 8. The van der Waals surface area contributed by atoms with Crippen molar-refractivity contribution in [1.82, 2.24) is 5.32 Å². The van der Waals surface area contributed by atoms with Crippen LogP contribution >= 0.6 is 11.6 Å². The maximum atomic E-state index is 13.5. The van der Waals surface area contributed by atoms with E-state index in [1.54, 1.807) is 18.2 Å². The third kappa shape index (κ3) is 5.39. The van der Waals surface area contributed by atoms with E-state index in [4.69, 9.17) is 30.5 Å². The van der Waals surface area contributed by atoms with E-state index in [2.05, 4.69) is 5.32 Å². The Kier molecular flexibility index (Phi) is 7.80. The van der Waals surface area contributed by atoms with Gasteiger partial charge in [0.15, 0.2) is 11.5 Å². The van der Waals surface area contributed by atoms with Gasteiger partial charge >= 0.3 is 6.03 Å². The molecule has 1 fully saturated rings. The summed E-state index contributed by atoms with van der Waals surface area (Å²) in [5.74, 6) is -0.447. The highest BCUT2D eigenvalue weighted by Gasteiger charge is 2.38. The van der Waals surface area contributed by atoms with Crippen LogP contribution in [0.3, 0.4) is 0 Å². The van der Waals surface area contributed by atoms with Crippen molar-refractivity contribution < 1.29 is 33.3 Å². The van der Waals surface area contributed by atoms with E-state index >= 15 is 0 Å². The summed E-state index contributed by atoms with van der Waals surface area (Å²) in [6.07, 6.45) is 1.37. The van der Waals surface area contributed by atoms with Crippen molar-refractivity contribution in [2.75, 3.05) is 26.2 Å². The number of nitrogens with zero attached hydrogens (tertiary/aromatic N) is 1. The van der Waals surface area contributed by atoms with Crippen LogP contribution in [0.15, 0.2) is 78.4 Å². The second-order valence-corrected chi connectivity index (χ2v) is 9.36. The van der Waals surface area contributed by atoms with Crippen molar-refractivity contribution in [2.45, 2.75) is 6.61 Å². The Morgan fingerprint density at radius 1 is 0.805 bits per heavy atom. The molecule has 0 aromatic heterocycles. The van der Waals surface area contributed by atoms with Crippen LogP contribution in [0.5, 0.6) is 23.0 Å². The lowest BCUT2D eigenvalue weighted by molar-refractivity contribution is -0.122. The van der Waals surface area contributed by atoms with E-state index in [0.717, 1.165) is 21.2 Å². The van der Waals surface area contributed by atoms with Crippen LogP contribution in [0.4, 0.5) is 10.5 Å². The molecule has 4 aromatic carbocycles. The van der Waals surface area contributed by atoms with Crippen LogP contribution < -0.4 is 29.2 Å². The summed E-state index contributed by atoms with van der Waals surface area (Å²) < 4.78 is 22.2. The molecule has 41 heavy (non-hydrogen) atoms. The number of anilines is 1. The van der Waals surface area contributed by atoms with Crippen LogP contribution in [0.25, 0.3) is 16.8 Å². The summed E-state index contributed by atoms with van der Waals surface area (Å²) in [6, 6.07) is 20.9. The van der Waals surface area contributed by atoms with Gasteiger partial charge in [-0.2, -0.15) is 0 Å². The smallest absolute Gasteiger partial charge is 0.336 e. The van der Waals surface area contributed by atoms with Crippen molar-refractivity contribution >= 4 is 52.0 Å². The van der Waals surface area contributed by atoms with Crippen LogP contribution in [0, 0.1) is 0 Å².